The SMILES string of the molecule is CC[C@]1(c2ccccc2)NC(=O)N(NC(=O)COC(=O)c2cnccn2)C1=O. The molecular weight excluding hydrogens is 366 g/mol. The van der Waals surface area contributed by atoms with Crippen molar-refractivity contribution in [3.8, 4) is 0 Å². The van der Waals surface area contributed by atoms with Crippen LogP contribution in [-0.4, -0.2) is 45.4 Å². The summed E-state index contributed by atoms with van der Waals surface area (Å²) in [7, 11) is 0. The summed E-state index contributed by atoms with van der Waals surface area (Å²) in [4.78, 5) is 56.5. The van der Waals surface area contributed by atoms with Crippen LogP contribution < -0.4 is 10.7 Å². The molecule has 1 aromatic carbocycles. The maximum Gasteiger partial charge on any atom is 0.359 e. The smallest absolute Gasteiger partial charge is 0.359 e. The maximum atomic E-state index is 12.9. The number of carbonyl (C=O) groups is 4. The van der Waals surface area contributed by atoms with Gasteiger partial charge in [0.2, 0.25) is 0 Å². The third-order valence-corrected chi connectivity index (χ3v) is 4.23. The number of aromatic nitrogens is 2. The summed E-state index contributed by atoms with van der Waals surface area (Å²) in [5, 5.41) is 3.22. The third kappa shape index (κ3) is 3.52. The van der Waals surface area contributed by atoms with Gasteiger partial charge in [0.1, 0.15) is 5.54 Å². The van der Waals surface area contributed by atoms with E-state index in [0.29, 0.717) is 10.6 Å². The van der Waals surface area contributed by atoms with Crippen LogP contribution in [0.15, 0.2) is 48.9 Å². The lowest BCUT2D eigenvalue weighted by Crippen LogP contribution is -2.49. The Hall–Kier alpha value is -3.82. The van der Waals surface area contributed by atoms with E-state index < -0.39 is 36.0 Å². The average Bonchev–Trinajstić information content (AvgIpc) is 2.98. The molecule has 3 rings (SSSR count). The molecule has 1 aliphatic rings. The van der Waals surface area contributed by atoms with Crippen LogP contribution in [0, 0.1) is 0 Å². The van der Waals surface area contributed by atoms with Gasteiger partial charge in [0.15, 0.2) is 12.3 Å². The topological polar surface area (TPSA) is 131 Å². The van der Waals surface area contributed by atoms with Gasteiger partial charge in [-0.2, -0.15) is 5.01 Å². The normalized spacial score (nSPS) is 18.5. The summed E-state index contributed by atoms with van der Waals surface area (Å²) in [6, 6.07) is 7.95. The van der Waals surface area contributed by atoms with Gasteiger partial charge in [0, 0.05) is 12.4 Å². The first-order valence-electron chi connectivity index (χ1n) is 8.43. The van der Waals surface area contributed by atoms with Gasteiger partial charge in [-0.15, -0.1) is 0 Å². The van der Waals surface area contributed by atoms with Crippen LogP contribution in [0.2, 0.25) is 0 Å². The minimum absolute atomic E-state index is 0.0700. The first-order valence-corrected chi connectivity index (χ1v) is 8.43. The van der Waals surface area contributed by atoms with E-state index >= 15 is 0 Å². The molecule has 1 fully saturated rings. The second-order valence-corrected chi connectivity index (χ2v) is 5.90. The molecule has 1 aromatic heterocycles. The third-order valence-electron chi connectivity index (χ3n) is 4.23. The van der Waals surface area contributed by atoms with Gasteiger partial charge in [0.05, 0.1) is 6.20 Å². The highest BCUT2D eigenvalue weighted by Crippen LogP contribution is 2.31. The van der Waals surface area contributed by atoms with Crippen LogP contribution in [0.1, 0.15) is 29.4 Å². The van der Waals surface area contributed by atoms with Crippen LogP contribution in [0.4, 0.5) is 4.79 Å². The molecule has 0 radical (unpaired) electrons. The van der Waals surface area contributed by atoms with E-state index in [9.17, 15) is 19.2 Å². The fraction of sp³-hybridized carbons (Fsp3) is 0.222. The second kappa shape index (κ2) is 7.82. The van der Waals surface area contributed by atoms with Crippen molar-refractivity contribution in [2.75, 3.05) is 6.61 Å². The Labute approximate surface area is 159 Å². The number of urea groups is 1. The fourth-order valence-corrected chi connectivity index (χ4v) is 2.81. The highest BCUT2D eigenvalue weighted by Gasteiger charge is 2.52. The number of benzene rings is 1. The number of hydrogen-bond donors (Lipinski definition) is 2. The summed E-state index contributed by atoms with van der Waals surface area (Å²) in [5.74, 6) is -2.33. The van der Waals surface area contributed by atoms with E-state index in [1.54, 1.807) is 37.3 Å². The molecular formula is C18H17N5O5. The van der Waals surface area contributed by atoms with Crippen molar-refractivity contribution in [2.45, 2.75) is 18.9 Å². The molecule has 2 N–H and O–H groups in total. The molecule has 28 heavy (non-hydrogen) atoms. The monoisotopic (exact) mass is 383 g/mol. The van der Waals surface area contributed by atoms with E-state index in [-0.39, 0.29) is 12.1 Å². The van der Waals surface area contributed by atoms with Crippen LogP contribution in [0.25, 0.3) is 0 Å². The molecule has 2 heterocycles. The maximum absolute atomic E-state index is 12.9. The minimum Gasteiger partial charge on any atom is -0.451 e. The molecule has 2 aromatic rings. The molecule has 4 amide bonds. The highest BCUT2D eigenvalue weighted by atomic mass is 16.5. The Morgan fingerprint density at radius 3 is 2.61 bits per heavy atom. The zero-order chi connectivity index (χ0) is 20.1. The second-order valence-electron chi connectivity index (χ2n) is 5.90. The van der Waals surface area contributed by atoms with Crippen molar-refractivity contribution in [3.63, 3.8) is 0 Å². The molecule has 0 unspecified atom stereocenters. The van der Waals surface area contributed by atoms with E-state index in [4.69, 9.17) is 4.74 Å². The molecule has 144 valence electrons. The zero-order valence-electron chi connectivity index (χ0n) is 14.9. The van der Waals surface area contributed by atoms with Crippen molar-refractivity contribution < 1.29 is 23.9 Å². The van der Waals surface area contributed by atoms with Gasteiger partial charge in [-0.1, -0.05) is 37.3 Å². The number of amides is 4. The zero-order valence-corrected chi connectivity index (χ0v) is 14.9. The fourth-order valence-electron chi connectivity index (χ4n) is 2.81. The molecule has 10 heteroatoms. The summed E-state index contributed by atoms with van der Waals surface area (Å²) >= 11 is 0. The number of ether oxygens (including phenoxy) is 1. The number of rotatable bonds is 6. The Morgan fingerprint density at radius 2 is 1.96 bits per heavy atom. The first kappa shape index (κ1) is 19.0. The molecule has 0 aliphatic carbocycles. The largest absolute Gasteiger partial charge is 0.451 e. The Morgan fingerprint density at radius 1 is 1.21 bits per heavy atom. The molecule has 1 saturated heterocycles. The van der Waals surface area contributed by atoms with Gasteiger partial charge >= 0.3 is 12.0 Å². The average molecular weight is 383 g/mol. The number of esters is 1. The van der Waals surface area contributed by atoms with Crippen LogP contribution in [-0.2, 0) is 19.9 Å². The summed E-state index contributed by atoms with van der Waals surface area (Å²) in [5.41, 5.74) is 1.42. The molecule has 0 spiro atoms. The van der Waals surface area contributed by atoms with Gasteiger partial charge in [0.25, 0.3) is 11.8 Å². The predicted molar refractivity (Wildman–Crippen MR) is 94.2 cm³/mol. The first-order chi connectivity index (χ1) is 13.5. The standard InChI is InChI=1S/C18H17N5O5/c1-2-18(12-6-4-3-5-7-12)16(26)23(17(27)21-18)22-14(24)11-28-15(25)13-10-19-8-9-20-13/h3-10H,2,11H2,1H3,(H,21,27)(H,22,24)/t18-/m1/s1. The van der Waals surface area contributed by atoms with Crippen molar-refractivity contribution in [1.82, 2.24) is 25.7 Å². The van der Waals surface area contributed by atoms with Crippen molar-refractivity contribution in [2.24, 2.45) is 0 Å². The number of nitrogens with one attached hydrogen (secondary N) is 2. The van der Waals surface area contributed by atoms with Gasteiger partial charge in [-0.05, 0) is 12.0 Å². The summed E-state index contributed by atoms with van der Waals surface area (Å²) in [6.45, 7) is 1.05. The lowest BCUT2D eigenvalue weighted by molar-refractivity contribution is -0.140. The molecule has 0 bridgehead atoms. The lowest BCUT2D eigenvalue weighted by Gasteiger charge is -2.25. The van der Waals surface area contributed by atoms with E-state index in [1.165, 1.54) is 18.6 Å². The van der Waals surface area contributed by atoms with Gasteiger partial charge < -0.3 is 10.1 Å². The van der Waals surface area contributed by atoms with Crippen molar-refractivity contribution >= 4 is 23.8 Å². The number of hydrogen-bond acceptors (Lipinski definition) is 7. The van der Waals surface area contributed by atoms with Gasteiger partial charge in [-0.25, -0.2) is 14.6 Å². The van der Waals surface area contributed by atoms with E-state index in [1.807, 2.05) is 0 Å². The molecule has 1 atom stereocenters. The van der Waals surface area contributed by atoms with E-state index in [0.717, 1.165) is 0 Å². The quantitative estimate of drug-likeness (QED) is 0.549. The highest BCUT2D eigenvalue weighted by molar-refractivity contribution is 6.08. The molecule has 0 saturated carbocycles. The predicted octanol–water partition coefficient (Wildman–Crippen LogP) is 0.522. The summed E-state index contributed by atoms with van der Waals surface area (Å²) < 4.78 is 4.81. The minimum atomic E-state index is -1.28. The Balaban J connectivity index is 1.65. The van der Waals surface area contributed by atoms with Crippen LogP contribution in [0.5, 0.6) is 0 Å². The van der Waals surface area contributed by atoms with Crippen molar-refractivity contribution in [3.05, 3.63) is 60.2 Å². The summed E-state index contributed by atoms with van der Waals surface area (Å²) in [6.07, 6.45) is 4.16. The number of carbonyl (C=O) groups excluding carboxylic acids is 4. The molecule has 10 nitrogen and oxygen atoms in total. The number of hydrazine groups is 1. The number of imide groups is 1. The number of nitrogens with zero attached hydrogens (tertiary/aromatic N) is 3. The molecule has 1 aliphatic heterocycles. The Bertz CT molecular complexity index is 905. The van der Waals surface area contributed by atoms with E-state index in [2.05, 4.69) is 20.7 Å². The Kier molecular flexibility index (Phi) is 5.30. The van der Waals surface area contributed by atoms with Crippen molar-refractivity contribution in [1.29, 1.82) is 0 Å². The van der Waals surface area contributed by atoms with Crippen LogP contribution >= 0.6 is 0 Å². The lowest BCUT2D eigenvalue weighted by atomic mass is 9.87. The van der Waals surface area contributed by atoms with Gasteiger partial charge in [-0.3, -0.25) is 20.0 Å². The van der Waals surface area contributed by atoms with Crippen LogP contribution in [0.3, 0.4) is 0 Å².